The van der Waals surface area contributed by atoms with Crippen LogP contribution in [0.1, 0.15) is 50.0 Å². The maximum absolute atomic E-state index is 12.2. The number of likely N-dealkylation sites (N-methyl/N-ethyl adjacent to an activating group) is 2. The Kier molecular flexibility index (Phi) is 4.12. The van der Waals surface area contributed by atoms with Crippen molar-refractivity contribution in [2.24, 2.45) is 0 Å². The smallest absolute Gasteiger partial charge is 0.410 e. The zero-order chi connectivity index (χ0) is 16.7. The molecule has 130 valence electrons. The summed E-state index contributed by atoms with van der Waals surface area (Å²) in [5.41, 5.74) is 2.58. The van der Waals surface area contributed by atoms with E-state index in [9.17, 15) is 4.79 Å². The molecule has 24 heavy (non-hydrogen) atoms. The van der Waals surface area contributed by atoms with Crippen LogP contribution >= 0.6 is 0 Å². The van der Waals surface area contributed by atoms with E-state index in [1.54, 1.807) is 0 Å². The summed E-state index contributed by atoms with van der Waals surface area (Å²) in [6.45, 7) is 1.12. The van der Waals surface area contributed by atoms with E-state index in [1.807, 2.05) is 6.07 Å². The summed E-state index contributed by atoms with van der Waals surface area (Å²) < 4.78 is 5.57. The average molecular weight is 329 g/mol. The molecule has 1 aromatic carbocycles. The third-order valence-electron chi connectivity index (χ3n) is 5.92. The van der Waals surface area contributed by atoms with E-state index in [0.29, 0.717) is 17.8 Å². The Labute approximate surface area is 144 Å². The number of nitrogens with zero attached hydrogens (tertiary/aromatic N) is 2. The van der Waals surface area contributed by atoms with Gasteiger partial charge in [-0.25, -0.2) is 4.79 Å². The number of benzene rings is 1. The quantitative estimate of drug-likeness (QED) is 0.904. The van der Waals surface area contributed by atoms with Crippen LogP contribution in [0.4, 0.5) is 10.5 Å². The second-order valence-electron chi connectivity index (χ2n) is 7.49. The maximum atomic E-state index is 12.2. The highest BCUT2D eigenvalue weighted by atomic mass is 16.6. The van der Waals surface area contributed by atoms with Gasteiger partial charge in [0.1, 0.15) is 5.75 Å². The number of hydrogen-bond donors (Lipinski definition) is 1. The molecule has 5 nitrogen and oxygen atoms in total. The number of fused-ring (bicyclic) bond motifs is 3. The second kappa shape index (κ2) is 6.28. The van der Waals surface area contributed by atoms with Gasteiger partial charge in [-0.3, -0.25) is 4.90 Å². The van der Waals surface area contributed by atoms with Crippen molar-refractivity contribution in [3.63, 3.8) is 0 Å². The van der Waals surface area contributed by atoms with Gasteiger partial charge in [0.2, 0.25) is 0 Å². The van der Waals surface area contributed by atoms with Crippen LogP contribution in [0.5, 0.6) is 5.75 Å². The lowest BCUT2D eigenvalue weighted by Crippen LogP contribution is -2.39. The van der Waals surface area contributed by atoms with Gasteiger partial charge in [0.05, 0.1) is 6.17 Å². The Bertz CT molecular complexity index is 627. The molecule has 0 bridgehead atoms. The molecular weight excluding hydrogens is 302 g/mol. The lowest BCUT2D eigenvalue weighted by Gasteiger charge is -2.28. The summed E-state index contributed by atoms with van der Waals surface area (Å²) in [5, 5.41) is 3.02. The van der Waals surface area contributed by atoms with Crippen molar-refractivity contribution < 1.29 is 9.53 Å². The molecule has 2 atom stereocenters. The lowest BCUT2D eigenvalue weighted by atomic mass is 9.96. The number of ether oxygens (including phenoxy) is 1. The maximum Gasteiger partial charge on any atom is 0.412 e. The van der Waals surface area contributed by atoms with Crippen LogP contribution in [0.15, 0.2) is 18.2 Å². The first-order valence-electron chi connectivity index (χ1n) is 9.19. The first-order valence-corrected chi connectivity index (χ1v) is 9.19. The minimum Gasteiger partial charge on any atom is -0.410 e. The van der Waals surface area contributed by atoms with Crippen molar-refractivity contribution in [3.05, 3.63) is 23.8 Å². The van der Waals surface area contributed by atoms with Crippen molar-refractivity contribution in [1.29, 1.82) is 0 Å². The zero-order valence-corrected chi connectivity index (χ0v) is 14.6. The fraction of sp³-hybridized carbons (Fsp3) is 0.632. The van der Waals surface area contributed by atoms with Crippen LogP contribution in [0, 0.1) is 0 Å². The van der Waals surface area contributed by atoms with Crippen molar-refractivity contribution in [2.75, 3.05) is 25.5 Å². The normalized spacial score (nSPS) is 27.0. The van der Waals surface area contributed by atoms with Crippen LogP contribution in [-0.2, 0) is 0 Å². The Morgan fingerprint density at radius 3 is 2.75 bits per heavy atom. The Morgan fingerprint density at radius 2 is 1.96 bits per heavy atom. The molecule has 0 radical (unpaired) electrons. The molecular formula is C19H27N3O2. The fourth-order valence-corrected chi connectivity index (χ4v) is 4.72. The number of carbonyl (C=O) groups excluding carboxylic acids is 1. The number of rotatable bonds is 2. The Balaban J connectivity index is 1.45. The minimum atomic E-state index is -0.312. The van der Waals surface area contributed by atoms with Gasteiger partial charge in [-0.2, -0.15) is 0 Å². The monoisotopic (exact) mass is 329 g/mol. The summed E-state index contributed by atoms with van der Waals surface area (Å²) in [6, 6.07) is 6.34. The predicted molar refractivity (Wildman–Crippen MR) is 94.7 cm³/mol. The molecule has 2 aliphatic heterocycles. The SMILES string of the molecule is CN1CCC2c3cc(OC(=O)NC4CCCCC4)ccc3N(C)C21. The van der Waals surface area contributed by atoms with Crippen LogP contribution in [-0.4, -0.2) is 43.8 Å². The highest BCUT2D eigenvalue weighted by molar-refractivity contribution is 5.72. The molecule has 1 saturated heterocycles. The van der Waals surface area contributed by atoms with Gasteiger partial charge in [0, 0.05) is 31.2 Å². The number of anilines is 1. The molecule has 5 heteroatoms. The van der Waals surface area contributed by atoms with E-state index in [-0.39, 0.29) is 12.1 Å². The molecule has 1 amide bonds. The van der Waals surface area contributed by atoms with E-state index >= 15 is 0 Å². The number of hydrogen-bond acceptors (Lipinski definition) is 4. The highest BCUT2D eigenvalue weighted by Crippen LogP contribution is 2.47. The molecule has 2 heterocycles. The molecule has 3 aliphatic rings. The summed E-state index contributed by atoms with van der Waals surface area (Å²) in [4.78, 5) is 16.9. The van der Waals surface area contributed by atoms with E-state index in [0.717, 1.165) is 25.8 Å². The first-order chi connectivity index (χ1) is 11.6. The third kappa shape index (κ3) is 2.75. The van der Waals surface area contributed by atoms with Crippen molar-refractivity contribution in [3.8, 4) is 5.75 Å². The number of nitrogens with one attached hydrogen (secondary N) is 1. The van der Waals surface area contributed by atoms with Gasteiger partial charge in [-0.05, 0) is 50.1 Å². The summed E-state index contributed by atoms with van der Waals surface area (Å²) in [5.74, 6) is 1.17. The van der Waals surface area contributed by atoms with E-state index in [2.05, 4.69) is 41.3 Å². The first kappa shape index (κ1) is 15.8. The van der Waals surface area contributed by atoms with E-state index in [4.69, 9.17) is 4.74 Å². The van der Waals surface area contributed by atoms with Gasteiger partial charge in [-0.15, -0.1) is 0 Å². The standard InChI is InChI=1S/C19H27N3O2/c1-21-11-10-15-16-12-14(8-9-17(16)22(2)18(15)21)24-19(23)20-13-6-4-3-5-7-13/h8-9,12-13,15,18H,3-7,10-11H2,1-2H3,(H,20,23). The zero-order valence-electron chi connectivity index (χ0n) is 14.6. The van der Waals surface area contributed by atoms with Crippen molar-refractivity contribution in [1.82, 2.24) is 10.2 Å². The summed E-state index contributed by atoms with van der Waals surface area (Å²) in [6.07, 6.45) is 7.11. The van der Waals surface area contributed by atoms with Crippen LogP contribution in [0.2, 0.25) is 0 Å². The van der Waals surface area contributed by atoms with Crippen molar-refractivity contribution >= 4 is 11.8 Å². The number of likely N-dealkylation sites (tertiary alicyclic amines) is 1. The molecule has 1 aliphatic carbocycles. The summed E-state index contributed by atoms with van der Waals surface area (Å²) >= 11 is 0. The van der Waals surface area contributed by atoms with E-state index in [1.165, 1.54) is 30.5 Å². The molecule has 1 saturated carbocycles. The van der Waals surface area contributed by atoms with Gasteiger partial charge < -0.3 is 15.0 Å². The summed E-state index contributed by atoms with van der Waals surface area (Å²) in [7, 11) is 4.34. The average Bonchev–Trinajstić information content (AvgIpc) is 3.08. The Hall–Kier alpha value is -1.75. The van der Waals surface area contributed by atoms with Crippen molar-refractivity contribution in [2.45, 2.75) is 56.7 Å². The molecule has 2 unspecified atom stereocenters. The number of amides is 1. The van der Waals surface area contributed by atoms with Gasteiger partial charge >= 0.3 is 6.09 Å². The van der Waals surface area contributed by atoms with E-state index < -0.39 is 0 Å². The fourth-order valence-electron chi connectivity index (χ4n) is 4.72. The van der Waals surface area contributed by atoms with Gasteiger partial charge in [-0.1, -0.05) is 19.3 Å². The van der Waals surface area contributed by atoms with Crippen LogP contribution in [0.25, 0.3) is 0 Å². The third-order valence-corrected chi connectivity index (χ3v) is 5.92. The minimum absolute atomic E-state index is 0.277. The van der Waals surface area contributed by atoms with Gasteiger partial charge in [0.25, 0.3) is 0 Å². The molecule has 0 aromatic heterocycles. The second-order valence-corrected chi connectivity index (χ2v) is 7.49. The molecule has 4 rings (SSSR count). The molecule has 1 N–H and O–H groups in total. The molecule has 0 spiro atoms. The Morgan fingerprint density at radius 1 is 1.17 bits per heavy atom. The molecule has 2 fully saturated rings. The van der Waals surface area contributed by atoms with Crippen LogP contribution in [0.3, 0.4) is 0 Å². The lowest BCUT2D eigenvalue weighted by molar-refractivity contribution is 0.192. The van der Waals surface area contributed by atoms with Gasteiger partial charge in [0.15, 0.2) is 0 Å². The predicted octanol–water partition coefficient (Wildman–Crippen LogP) is 3.30. The van der Waals surface area contributed by atoms with Crippen LogP contribution < -0.4 is 15.0 Å². The number of carbonyl (C=O) groups is 1. The largest absolute Gasteiger partial charge is 0.412 e. The molecule has 1 aromatic rings. The topological polar surface area (TPSA) is 44.8 Å². The highest BCUT2D eigenvalue weighted by Gasteiger charge is 2.43.